The van der Waals surface area contributed by atoms with Gasteiger partial charge >= 0.3 is 11.9 Å². The second-order valence-electron chi connectivity index (χ2n) is 13.8. The van der Waals surface area contributed by atoms with Crippen LogP contribution < -0.4 is 10.6 Å². The normalized spacial score (nSPS) is 15.5. The summed E-state index contributed by atoms with van der Waals surface area (Å²) in [4.78, 5) is 58.8. The number of benzene rings is 2. The number of hydrogen-bond acceptors (Lipinski definition) is 9. The average molecular weight is 721 g/mol. The Balaban J connectivity index is 1.82. The molecule has 1 heterocycles. The molecule has 1 aromatic heterocycles. The third kappa shape index (κ3) is 12.3. The van der Waals surface area contributed by atoms with E-state index in [2.05, 4.69) is 48.5 Å². The predicted octanol–water partition coefficient (Wildman–Crippen LogP) is 6.93. The number of amides is 2. The summed E-state index contributed by atoms with van der Waals surface area (Å²) in [5.41, 5.74) is 2.31. The first-order valence-corrected chi connectivity index (χ1v) is 18.8. The highest BCUT2D eigenvalue weighted by atomic mass is 32.1. The van der Waals surface area contributed by atoms with E-state index in [1.165, 1.54) is 25.4 Å². The molecule has 0 fully saturated rings. The summed E-state index contributed by atoms with van der Waals surface area (Å²) in [5.74, 6) is -1.57. The van der Waals surface area contributed by atoms with Crippen molar-refractivity contribution in [3.8, 4) is 0 Å². The Bertz CT molecular complexity index is 1550. The van der Waals surface area contributed by atoms with Crippen molar-refractivity contribution in [2.75, 3.05) is 14.2 Å². The van der Waals surface area contributed by atoms with Gasteiger partial charge in [0.15, 0.2) is 6.10 Å². The molecular weight excluding hydrogens is 665 g/mol. The number of rotatable bonds is 19. The molecule has 0 unspecified atom stereocenters. The number of nitrogens with one attached hydrogen (secondary N) is 2. The molecular formula is C40H56N4O6S. The topological polar surface area (TPSA) is 127 Å². The van der Waals surface area contributed by atoms with Crippen LogP contribution in [0.3, 0.4) is 0 Å². The lowest BCUT2D eigenvalue weighted by Gasteiger charge is -2.37. The highest BCUT2D eigenvalue weighted by molar-refractivity contribution is 7.09. The molecule has 0 aliphatic heterocycles. The van der Waals surface area contributed by atoms with Crippen molar-refractivity contribution >= 4 is 35.1 Å². The maximum Gasteiger partial charge on any atom is 0.308 e. The molecule has 3 aromatic rings. The van der Waals surface area contributed by atoms with Gasteiger partial charge in [0.1, 0.15) is 10.7 Å². The Morgan fingerprint density at radius 3 is 2.12 bits per heavy atom. The third-order valence-corrected chi connectivity index (χ3v) is 10.5. The van der Waals surface area contributed by atoms with Crippen molar-refractivity contribution in [1.82, 2.24) is 20.5 Å². The van der Waals surface area contributed by atoms with Gasteiger partial charge in [-0.2, -0.15) is 0 Å². The van der Waals surface area contributed by atoms with Crippen LogP contribution in [-0.4, -0.2) is 65.9 Å². The summed E-state index contributed by atoms with van der Waals surface area (Å²) in [6.07, 6.45) is 1.26. The van der Waals surface area contributed by atoms with Crippen molar-refractivity contribution in [3.63, 3.8) is 0 Å². The first kappa shape index (κ1) is 41.3. The van der Waals surface area contributed by atoms with Crippen molar-refractivity contribution < 1.29 is 28.7 Å². The van der Waals surface area contributed by atoms with Crippen LogP contribution in [0.4, 0.5) is 0 Å². The fourth-order valence-corrected chi connectivity index (χ4v) is 7.16. The molecule has 2 N–H and O–H groups in total. The molecule has 3 rings (SSSR count). The van der Waals surface area contributed by atoms with E-state index < -0.39 is 24.0 Å². The largest absolute Gasteiger partial charge is 0.469 e. The minimum absolute atomic E-state index is 0.0272. The maximum absolute atomic E-state index is 14.2. The molecule has 0 saturated carbocycles. The molecule has 7 atom stereocenters. The van der Waals surface area contributed by atoms with Gasteiger partial charge in [0.2, 0.25) is 5.91 Å². The van der Waals surface area contributed by atoms with Gasteiger partial charge in [-0.25, -0.2) is 4.98 Å². The van der Waals surface area contributed by atoms with E-state index in [0.29, 0.717) is 24.3 Å². The standard InChI is InChI=1S/C40H56N4O6S/c1-10-26(4)36(41-28(6)31-19-15-12-16-20-31)39(47)44(8)34(25(2)3)23-35(50-29(7)45)38-43-33(24-51-38)37(46)42-32(21-27(5)40(48)49-9)22-30-17-13-11-14-18-30/h11-20,24-28,32,34-36,41H,10,21-23H2,1-9H3,(H,42,46)/t26-,27-,28-,32+,34+,35+,36-/m0/s1. The number of ether oxygens (including phenoxy) is 2. The van der Waals surface area contributed by atoms with Crippen LogP contribution in [0.5, 0.6) is 0 Å². The number of methoxy groups -OCH3 is 1. The number of carbonyl (C=O) groups is 4. The maximum atomic E-state index is 14.2. The van der Waals surface area contributed by atoms with Gasteiger partial charge in [-0.15, -0.1) is 11.3 Å². The van der Waals surface area contributed by atoms with Gasteiger partial charge in [0.05, 0.1) is 19.1 Å². The zero-order valence-corrected chi connectivity index (χ0v) is 32.4. The summed E-state index contributed by atoms with van der Waals surface area (Å²) in [7, 11) is 3.16. The molecule has 0 radical (unpaired) electrons. The molecule has 278 valence electrons. The molecule has 0 bridgehead atoms. The van der Waals surface area contributed by atoms with Gasteiger partial charge in [-0.05, 0) is 42.7 Å². The van der Waals surface area contributed by atoms with Crippen LogP contribution in [0, 0.1) is 17.8 Å². The first-order chi connectivity index (χ1) is 24.2. The Labute approximate surface area is 307 Å². The molecule has 0 spiro atoms. The third-order valence-electron chi connectivity index (χ3n) is 9.52. The average Bonchev–Trinajstić information content (AvgIpc) is 3.62. The van der Waals surface area contributed by atoms with Crippen molar-refractivity contribution in [3.05, 3.63) is 87.9 Å². The minimum atomic E-state index is -0.769. The van der Waals surface area contributed by atoms with E-state index in [4.69, 9.17) is 9.47 Å². The number of likely N-dealkylation sites (N-methyl/N-ethyl adjacent to an activating group) is 1. The quantitative estimate of drug-likeness (QED) is 0.128. The van der Waals surface area contributed by atoms with E-state index in [0.717, 1.165) is 17.5 Å². The second kappa shape index (κ2) is 20.1. The number of nitrogens with zero attached hydrogens (tertiary/aromatic N) is 2. The zero-order chi connectivity index (χ0) is 37.7. The molecule has 0 aliphatic rings. The molecule has 2 aromatic carbocycles. The number of aromatic nitrogens is 1. The Morgan fingerprint density at radius 2 is 1.55 bits per heavy atom. The van der Waals surface area contributed by atoms with Crippen LogP contribution in [0.2, 0.25) is 0 Å². The summed E-state index contributed by atoms with van der Waals surface area (Å²) in [6.45, 7) is 13.4. The van der Waals surface area contributed by atoms with E-state index in [9.17, 15) is 19.2 Å². The monoisotopic (exact) mass is 720 g/mol. The fraction of sp³-hybridized carbons (Fsp3) is 0.525. The fourth-order valence-electron chi connectivity index (χ4n) is 6.32. The highest BCUT2D eigenvalue weighted by Crippen LogP contribution is 2.31. The lowest BCUT2D eigenvalue weighted by atomic mass is 9.92. The second-order valence-corrected chi connectivity index (χ2v) is 14.7. The Kier molecular flexibility index (Phi) is 16.3. The first-order valence-electron chi connectivity index (χ1n) is 17.9. The summed E-state index contributed by atoms with van der Waals surface area (Å²) in [6, 6.07) is 18.7. The summed E-state index contributed by atoms with van der Waals surface area (Å²) < 4.78 is 10.7. The summed E-state index contributed by atoms with van der Waals surface area (Å²) >= 11 is 1.24. The van der Waals surface area contributed by atoms with Crippen LogP contribution in [0.1, 0.15) is 106 Å². The van der Waals surface area contributed by atoms with Crippen molar-refractivity contribution in [2.24, 2.45) is 17.8 Å². The zero-order valence-electron chi connectivity index (χ0n) is 31.6. The smallest absolute Gasteiger partial charge is 0.308 e. The molecule has 10 nitrogen and oxygen atoms in total. The molecule has 2 amide bonds. The highest BCUT2D eigenvalue weighted by Gasteiger charge is 2.35. The van der Waals surface area contributed by atoms with Gasteiger partial charge in [0, 0.05) is 43.9 Å². The number of esters is 2. The van der Waals surface area contributed by atoms with Gasteiger partial charge in [-0.1, -0.05) is 102 Å². The number of carbonyl (C=O) groups excluding carboxylic acids is 4. The van der Waals surface area contributed by atoms with E-state index >= 15 is 0 Å². The van der Waals surface area contributed by atoms with E-state index in [1.807, 2.05) is 69.4 Å². The number of thiazole rings is 1. The SMILES string of the molecule is CC[C@H](C)[C@H](N[C@@H](C)c1ccccc1)C(=O)N(C)[C@H](C[C@@H](OC(C)=O)c1nc(C(=O)N[C@@H](Cc2ccccc2)C[C@H](C)C(=O)OC)cs1)C(C)C. The van der Waals surface area contributed by atoms with Crippen LogP contribution >= 0.6 is 11.3 Å². The van der Waals surface area contributed by atoms with Crippen LogP contribution in [0.25, 0.3) is 0 Å². The Hall–Kier alpha value is -4.09. The van der Waals surface area contributed by atoms with Gasteiger partial charge < -0.3 is 19.7 Å². The molecule has 51 heavy (non-hydrogen) atoms. The van der Waals surface area contributed by atoms with E-state index in [-0.39, 0.29) is 53.4 Å². The van der Waals surface area contributed by atoms with Gasteiger partial charge in [-0.3, -0.25) is 24.5 Å². The van der Waals surface area contributed by atoms with Crippen LogP contribution in [-0.2, 0) is 30.3 Å². The van der Waals surface area contributed by atoms with Gasteiger partial charge in [0.25, 0.3) is 5.91 Å². The van der Waals surface area contributed by atoms with Crippen molar-refractivity contribution in [2.45, 2.75) is 104 Å². The minimum Gasteiger partial charge on any atom is -0.469 e. The Morgan fingerprint density at radius 1 is 0.922 bits per heavy atom. The lowest BCUT2D eigenvalue weighted by Crippen LogP contribution is -2.53. The number of hydrogen-bond donors (Lipinski definition) is 2. The van der Waals surface area contributed by atoms with E-state index in [1.54, 1.807) is 17.2 Å². The van der Waals surface area contributed by atoms with Crippen LogP contribution in [0.15, 0.2) is 66.0 Å². The molecule has 11 heteroatoms. The lowest BCUT2D eigenvalue weighted by molar-refractivity contribution is -0.149. The molecule has 0 saturated heterocycles. The van der Waals surface area contributed by atoms with Crippen molar-refractivity contribution in [1.29, 1.82) is 0 Å². The summed E-state index contributed by atoms with van der Waals surface area (Å²) in [5, 5.41) is 8.77. The predicted molar refractivity (Wildman–Crippen MR) is 201 cm³/mol. The molecule has 0 aliphatic carbocycles.